The van der Waals surface area contributed by atoms with Gasteiger partial charge < -0.3 is 11.1 Å². The maximum absolute atomic E-state index is 6.19. The van der Waals surface area contributed by atoms with Gasteiger partial charge in [-0.2, -0.15) is 0 Å². The quantitative estimate of drug-likeness (QED) is 0.900. The van der Waals surface area contributed by atoms with E-state index >= 15 is 0 Å². The number of nitrogens with two attached hydrogens (primary N) is 1. The first kappa shape index (κ1) is 15.9. The molecular formula is C18H26ClN3. The lowest BCUT2D eigenvalue weighted by Crippen LogP contribution is -2.50. The first-order valence-electron chi connectivity index (χ1n) is 8.25. The average molecular weight is 320 g/mol. The van der Waals surface area contributed by atoms with Crippen LogP contribution in [0.1, 0.15) is 31.2 Å². The van der Waals surface area contributed by atoms with E-state index < -0.39 is 0 Å². The molecule has 0 unspecified atom stereocenters. The normalized spacial score (nSPS) is 30.1. The summed E-state index contributed by atoms with van der Waals surface area (Å²) in [5.74, 6) is 0. The van der Waals surface area contributed by atoms with Gasteiger partial charge in [-0.3, -0.25) is 4.90 Å². The highest BCUT2D eigenvalue weighted by molar-refractivity contribution is 6.30. The van der Waals surface area contributed by atoms with Gasteiger partial charge in [0, 0.05) is 48.4 Å². The lowest BCUT2D eigenvalue weighted by Gasteiger charge is -2.45. The standard InChI is InChI=1S/C18H26ClN3/c1-14-12-22(10-9-21-14)17-5-7-18(13-20,8-6-17)15-3-2-4-16(19)11-15/h2-4,11,17,21H,1,5-10,12-13,20H2. The Kier molecular flexibility index (Phi) is 4.76. The lowest BCUT2D eigenvalue weighted by molar-refractivity contribution is 0.123. The first-order chi connectivity index (χ1) is 10.6. The fourth-order valence-corrected chi connectivity index (χ4v) is 4.21. The third-order valence-corrected chi connectivity index (χ3v) is 5.66. The molecule has 1 heterocycles. The van der Waals surface area contributed by atoms with Gasteiger partial charge in [-0.1, -0.05) is 30.3 Å². The third-order valence-electron chi connectivity index (χ3n) is 5.42. The van der Waals surface area contributed by atoms with Crippen molar-refractivity contribution in [1.29, 1.82) is 0 Å². The molecule has 1 aromatic carbocycles. The van der Waals surface area contributed by atoms with E-state index in [9.17, 15) is 0 Å². The zero-order valence-corrected chi connectivity index (χ0v) is 13.9. The summed E-state index contributed by atoms with van der Waals surface area (Å²) in [5.41, 5.74) is 8.75. The molecule has 0 bridgehead atoms. The zero-order chi connectivity index (χ0) is 15.6. The van der Waals surface area contributed by atoms with Crippen molar-refractivity contribution in [2.24, 2.45) is 5.73 Å². The van der Waals surface area contributed by atoms with Crippen molar-refractivity contribution >= 4 is 11.6 Å². The van der Waals surface area contributed by atoms with Gasteiger partial charge >= 0.3 is 0 Å². The summed E-state index contributed by atoms with van der Waals surface area (Å²) in [7, 11) is 0. The minimum atomic E-state index is 0.104. The summed E-state index contributed by atoms with van der Waals surface area (Å²) in [6.45, 7) is 7.90. The second kappa shape index (κ2) is 6.61. The van der Waals surface area contributed by atoms with Crippen molar-refractivity contribution < 1.29 is 0 Å². The number of piperazine rings is 1. The Balaban J connectivity index is 1.70. The van der Waals surface area contributed by atoms with Gasteiger partial charge in [-0.25, -0.2) is 0 Å². The van der Waals surface area contributed by atoms with Crippen LogP contribution in [0.2, 0.25) is 5.02 Å². The SMILES string of the molecule is C=C1CN(C2CCC(CN)(c3cccc(Cl)c3)CC2)CCN1. The van der Waals surface area contributed by atoms with E-state index in [0.717, 1.165) is 43.2 Å². The fraction of sp³-hybridized carbons (Fsp3) is 0.556. The molecule has 0 aromatic heterocycles. The van der Waals surface area contributed by atoms with Crippen molar-refractivity contribution in [3.8, 4) is 0 Å². The minimum absolute atomic E-state index is 0.104. The molecule has 2 aliphatic rings. The molecule has 1 aromatic rings. The average Bonchev–Trinajstić information content (AvgIpc) is 2.55. The molecule has 1 aliphatic heterocycles. The second-order valence-corrected chi connectivity index (χ2v) is 7.16. The summed E-state index contributed by atoms with van der Waals surface area (Å²) in [6.07, 6.45) is 4.70. The van der Waals surface area contributed by atoms with Gasteiger partial charge in [0.25, 0.3) is 0 Å². The number of hydrogen-bond donors (Lipinski definition) is 2. The Morgan fingerprint density at radius 1 is 1.36 bits per heavy atom. The fourth-order valence-electron chi connectivity index (χ4n) is 4.02. The van der Waals surface area contributed by atoms with Crippen LogP contribution in [0.3, 0.4) is 0 Å². The summed E-state index contributed by atoms with van der Waals surface area (Å²) in [5, 5.41) is 4.15. The van der Waals surface area contributed by atoms with Crippen LogP contribution in [0.4, 0.5) is 0 Å². The molecular weight excluding hydrogens is 294 g/mol. The number of halogens is 1. The van der Waals surface area contributed by atoms with E-state index in [2.05, 4.69) is 28.9 Å². The van der Waals surface area contributed by atoms with Crippen molar-refractivity contribution in [3.63, 3.8) is 0 Å². The smallest absolute Gasteiger partial charge is 0.0408 e. The molecule has 1 saturated heterocycles. The van der Waals surface area contributed by atoms with Crippen molar-refractivity contribution in [3.05, 3.63) is 47.1 Å². The third kappa shape index (κ3) is 3.17. The Morgan fingerprint density at radius 3 is 2.77 bits per heavy atom. The number of nitrogens with one attached hydrogen (secondary N) is 1. The number of rotatable bonds is 3. The highest BCUT2D eigenvalue weighted by Crippen LogP contribution is 2.40. The second-order valence-electron chi connectivity index (χ2n) is 6.73. The van der Waals surface area contributed by atoms with Crippen LogP contribution in [-0.4, -0.2) is 37.1 Å². The number of nitrogens with zero attached hydrogens (tertiary/aromatic N) is 1. The monoisotopic (exact) mass is 319 g/mol. The molecule has 0 radical (unpaired) electrons. The van der Waals surface area contributed by atoms with Crippen LogP contribution < -0.4 is 11.1 Å². The van der Waals surface area contributed by atoms with Crippen molar-refractivity contribution in [2.45, 2.75) is 37.1 Å². The molecule has 3 nitrogen and oxygen atoms in total. The van der Waals surface area contributed by atoms with E-state index in [4.69, 9.17) is 17.3 Å². The van der Waals surface area contributed by atoms with Crippen LogP contribution in [0.25, 0.3) is 0 Å². The highest BCUT2D eigenvalue weighted by Gasteiger charge is 2.37. The summed E-state index contributed by atoms with van der Waals surface area (Å²) >= 11 is 6.18. The topological polar surface area (TPSA) is 41.3 Å². The predicted octanol–water partition coefficient (Wildman–Crippen LogP) is 2.90. The number of benzene rings is 1. The van der Waals surface area contributed by atoms with Crippen LogP contribution in [0.5, 0.6) is 0 Å². The Morgan fingerprint density at radius 2 is 2.14 bits per heavy atom. The van der Waals surface area contributed by atoms with E-state index in [1.54, 1.807) is 0 Å². The Hall–Kier alpha value is -1.03. The van der Waals surface area contributed by atoms with Crippen molar-refractivity contribution in [1.82, 2.24) is 10.2 Å². The molecule has 0 amide bonds. The van der Waals surface area contributed by atoms with Gasteiger partial charge in [0.1, 0.15) is 0 Å². The molecule has 0 atom stereocenters. The van der Waals surface area contributed by atoms with Crippen LogP contribution in [0.15, 0.2) is 36.5 Å². The summed E-state index contributed by atoms with van der Waals surface area (Å²) < 4.78 is 0. The molecule has 1 aliphatic carbocycles. The molecule has 2 fully saturated rings. The summed E-state index contributed by atoms with van der Waals surface area (Å²) in [6, 6.07) is 8.93. The van der Waals surface area contributed by atoms with Gasteiger partial charge in [-0.15, -0.1) is 0 Å². The highest BCUT2D eigenvalue weighted by atomic mass is 35.5. The Bertz CT molecular complexity index is 535. The van der Waals surface area contributed by atoms with Crippen LogP contribution >= 0.6 is 11.6 Å². The predicted molar refractivity (Wildman–Crippen MR) is 93.2 cm³/mol. The van der Waals surface area contributed by atoms with E-state index in [1.165, 1.54) is 18.4 Å². The van der Waals surface area contributed by atoms with E-state index in [0.29, 0.717) is 12.6 Å². The van der Waals surface area contributed by atoms with Gasteiger partial charge in [0.05, 0.1) is 0 Å². The molecule has 22 heavy (non-hydrogen) atoms. The van der Waals surface area contributed by atoms with Gasteiger partial charge in [-0.05, 0) is 43.4 Å². The van der Waals surface area contributed by atoms with Crippen molar-refractivity contribution in [2.75, 3.05) is 26.2 Å². The summed E-state index contributed by atoms with van der Waals surface area (Å²) in [4.78, 5) is 2.58. The molecule has 1 saturated carbocycles. The van der Waals surface area contributed by atoms with Crippen LogP contribution in [0, 0.1) is 0 Å². The Labute approximate surface area is 138 Å². The largest absolute Gasteiger partial charge is 0.386 e. The lowest BCUT2D eigenvalue weighted by atomic mass is 9.68. The van der Waals surface area contributed by atoms with E-state index in [1.807, 2.05) is 12.1 Å². The maximum atomic E-state index is 6.19. The zero-order valence-electron chi connectivity index (χ0n) is 13.2. The maximum Gasteiger partial charge on any atom is 0.0408 e. The molecule has 0 spiro atoms. The molecule has 3 rings (SSSR count). The minimum Gasteiger partial charge on any atom is -0.386 e. The first-order valence-corrected chi connectivity index (χ1v) is 8.63. The van der Waals surface area contributed by atoms with E-state index in [-0.39, 0.29) is 5.41 Å². The molecule has 3 N–H and O–H groups in total. The van der Waals surface area contributed by atoms with Gasteiger partial charge in [0.2, 0.25) is 0 Å². The molecule has 4 heteroatoms. The van der Waals surface area contributed by atoms with Gasteiger partial charge in [0.15, 0.2) is 0 Å². The van der Waals surface area contributed by atoms with Crippen LogP contribution in [-0.2, 0) is 5.41 Å². The molecule has 120 valence electrons. The number of hydrogen-bond acceptors (Lipinski definition) is 3.